The van der Waals surface area contributed by atoms with Gasteiger partial charge in [0.2, 0.25) is 5.95 Å². The number of allylic oxidation sites excluding steroid dienone is 1. The second-order valence-corrected chi connectivity index (χ2v) is 5.47. The Bertz CT molecular complexity index is 694. The van der Waals surface area contributed by atoms with E-state index >= 15 is 0 Å². The summed E-state index contributed by atoms with van der Waals surface area (Å²) in [6, 6.07) is 0. The van der Waals surface area contributed by atoms with E-state index in [1.54, 1.807) is 6.33 Å². The molecule has 21 heavy (non-hydrogen) atoms. The quantitative estimate of drug-likeness (QED) is 0.929. The Morgan fingerprint density at radius 1 is 1.52 bits per heavy atom. The lowest BCUT2D eigenvalue weighted by Gasteiger charge is -2.18. The molecule has 2 atom stereocenters. The maximum absolute atomic E-state index is 5.86. The largest absolute Gasteiger partial charge is 0.475 e. The van der Waals surface area contributed by atoms with Crippen LogP contribution < -0.4 is 10.6 Å². The summed E-state index contributed by atoms with van der Waals surface area (Å²) in [6.07, 6.45) is 2.44. The van der Waals surface area contributed by atoms with Crippen molar-refractivity contribution < 1.29 is 4.74 Å². The van der Waals surface area contributed by atoms with Gasteiger partial charge in [0.25, 0.3) is 0 Å². The molecule has 1 aliphatic rings. The first kappa shape index (κ1) is 13.7. The lowest BCUT2D eigenvalue weighted by molar-refractivity contribution is 0.0745. The fourth-order valence-electron chi connectivity index (χ4n) is 2.65. The second kappa shape index (κ2) is 4.91. The molecule has 0 radical (unpaired) electrons. The van der Waals surface area contributed by atoms with Gasteiger partial charge >= 0.3 is 0 Å². The van der Waals surface area contributed by atoms with E-state index in [1.807, 2.05) is 23.4 Å². The van der Waals surface area contributed by atoms with Crippen molar-refractivity contribution in [2.45, 2.75) is 26.5 Å². The van der Waals surface area contributed by atoms with Crippen LogP contribution in [-0.2, 0) is 4.74 Å². The van der Waals surface area contributed by atoms with E-state index in [1.165, 1.54) is 0 Å². The fraction of sp³-hybridized carbons (Fsp3) is 0.500. The number of nitrogen functional groups attached to an aromatic ring is 1. The number of imidazole rings is 1. The van der Waals surface area contributed by atoms with Gasteiger partial charge < -0.3 is 15.4 Å². The van der Waals surface area contributed by atoms with E-state index in [9.17, 15) is 0 Å². The number of fused-ring (bicyclic) bond motifs is 1. The highest BCUT2D eigenvalue weighted by Gasteiger charge is 2.31. The maximum atomic E-state index is 5.86. The molecule has 1 fully saturated rings. The molecule has 112 valence electrons. The Balaban J connectivity index is 2.14. The molecule has 0 aliphatic carbocycles. The van der Waals surface area contributed by atoms with Crippen LogP contribution in [0.25, 0.3) is 11.2 Å². The van der Waals surface area contributed by atoms with Gasteiger partial charge in [-0.05, 0) is 6.92 Å². The first-order valence-corrected chi connectivity index (χ1v) is 7.06. The number of ether oxygens (including phenoxy) is 1. The molecule has 3 rings (SSSR count). The number of hydrogen-bond acceptors (Lipinski definition) is 6. The van der Waals surface area contributed by atoms with Crippen LogP contribution >= 0.6 is 0 Å². The van der Waals surface area contributed by atoms with E-state index < -0.39 is 0 Å². The monoisotopic (exact) mass is 288 g/mol. The normalized spacial score (nSPS) is 21.8. The maximum Gasteiger partial charge on any atom is 0.224 e. The molecule has 0 unspecified atom stereocenters. The zero-order valence-electron chi connectivity index (χ0n) is 12.6. The number of rotatable bonds is 3. The lowest BCUT2D eigenvalue weighted by atomic mass is 10.1. The standard InChI is InChI=1S/C14H20N6O/c1-5-19(4)11-10-12(18-14(15)17-11)20(7-16-10)13-8(2)6-9(3)21-13/h7-8,13H,3,5-6H2,1-2,4H3,(H2,15,17,18)/t8-,13+/m0/s1. The van der Waals surface area contributed by atoms with Crippen LogP contribution in [0, 0.1) is 5.92 Å². The number of nitrogens with two attached hydrogens (primary N) is 1. The predicted octanol–water partition coefficient (Wildman–Crippen LogP) is 1.93. The molecule has 0 spiro atoms. The summed E-state index contributed by atoms with van der Waals surface area (Å²) in [4.78, 5) is 15.1. The van der Waals surface area contributed by atoms with Crippen LogP contribution in [0.4, 0.5) is 11.8 Å². The molecule has 7 heteroatoms. The predicted molar refractivity (Wildman–Crippen MR) is 81.7 cm³/mol. The van der Waals surface area contributed by atoms with Gasteiger partial charge in [-0.3, -0.25) is 4.57 Å². The third-order valence-electron chi connectivity index (χ3n) is 3.85. The minimum absolute atomic E-state index is 0.142. The van der Waals surface area contributed by atoms with Crippen LogP contribution in [0.2, 0.25) is 0 Å². The van der Waals surface area contributed by atoms with Gasteiger partial charge in [-0.15, -0.1) is 0 Å². The molecular formula is C14H20N6O. The van der Waals surface area contributed by atoms with Gasteiger partial charge in [0, 0.05) is 25.9 Å². The highest BCUT2D eigenvalue weighted by molar-refractivity contribution is 5.84. The highest BCUT2D eigenvalue weighted by atomic mass is 16.5. The number of nitrogens with zero attached hydrogens (tertiary/aromatic N) is 5. The Hall–Kier alpha value is -2.31. The number of hydrogen-bond donors (Lipinski definition) is 1. The first-order chi connectivity index (χ1) is 10.0. The van der Waals surface area contributed by atoms with Crippen molar-refractivity contribution >= 4 is 22.9 Å². The summed E-state index contributed by atoms with van der Waals surface area (Å²) in [5, 5.41) is 0. The SMILES string of the molecule is C=C1C[C@H](C)[C@H](n2cnc3c(N(C)CC)nc(N)nc32)O1. The summed E-state index contributed by atoms with van der Waals surface area (Å²) in [5.74, 6) is 2.09. The molecular weight excluding hydrogens is 268 g/mol. The smallest absolute Gasteiger partial charge is 0.224 e. The van der Waals surface area contributed by atoms with Gasteiger partial charge in [-0.2, -0.15) is 9.97 Å². The third-order valence-corrected chi connectivity index (χ3v) is 3.85. The Kier molecular flexibility index (Phi) is 3.19. The Labute approximate surface area is 123 Å². The molecule has 0 saturated carbocycles. The van der Waals surface area contributed by atoms with E-state index in [-0.39, 0.29) is 12.2 Å². The van der Waals surface area contributed by atoms with Gasteiger partial charge in [0.15, 0.2) is 23.2 Å². The molecule has 3 heterocycles. The molecule has 0 bridgehead atoms. The summed E-state index contributed by atoms with van der Waals surface area (Å²) >= 11 is 0. The van der Waals surface area contributed by atoms with Crippen molar-refractivity contribution in [2.75, 3.05) is 24.2 Å². The van der Waals surface area contributed by atoms with Crippen LogP contribution in [0.3, 0.4) is 0 Å². The van der Waals surface area contributed by atoms with Gasteiger partial charge in [-0.25, -0.2) is 4.98 Å². The first-order valence-electron chi connectivity index (χ1n) is 7.06. The minimum atomic E-state index is -0.142. The van der Waals surface area contributed by atoms with Crippen molar-refractivity contribution in [1.82, 2.24) is 19.5 Å². The second-order valence-electron chi connectivity index (χ2n) is 5.47. The average Bonchev–Trinajstić information content (AvgIpc) is 2.99. The third kappa shape index (κ3) is 2.18. The number of aromatic nitrogens is 4. The molecule has 0 aromatic carbocycles. The van der Waals surface area contributed by atoms with Crippen molar-refractivity contribution in [1.29, 1.82) is 0 Å². The van der Waals surface area contributed by atoms with Crippen molar-refractivity contribution in [3.63, 3.8) is 0 Å². The Morgan fingerprint density at radius 3 is 2.90 bits per heavy atom. The van der Waals surface area contributed by atoms with Gasteiger partial charge in [0.05, 0.1) is 5.76 Å². The van der Waals surface area contributed by atoms with Crippen molar-refractivity contribution in [3.8, 4) is 0 Å². The zero-order valence-corrected chi connectivity index (χ0v) is 12.6. The van der Waals surface area contributed by atoms with E-state index in [0.29, 0.717) is 11.6 Å². The van der Waals surface area contributed by atoms with Crippen LogP contribution in [0.5, 0.6) is 0 Å². The molecule has 7 nitrogen and oxygen atoms in total. The van der Waals surface area contributed by atoms with E-state index in [2.05, 4.69) is 28.5 Å². The van der Waals surface area contributed by atoms with E-state index in [4.69, 9.17) is 10.5 Å². The topological polar surface area (TPSA) is 82.1 Å². The molecule has 2 aromatic rings. The average molecular weight is 288 g/mol. The van der Waals surface area contributed by atoms with Crippen LogP contribution in [0.1, 0.15) is 26.5 Å². The van der Waals surface area contributed by atoms with Crippen LogP contribution in [0.15, 0.2) is 18.7 Å². The fourth-order valence-corrected chi connectivity index (χ4v) is 2.65. The van der Waals surface area contributed by atoms with Gasteiger partial charge in [-0.1, -0.05) is 13.5 Å². The Morgan fingerprint density at radius 2 is 2.29 bits per heavy atom. The van der Waals surface area contributed by atoms with Gasteiger partial charge in [0.1, 0.15) is 6.33 Å². The minimum Gasteiger partial charge on any atom is -0.475 e. The molecule has 2 aromatic heterocycles. The molecule has 1 aliphatic heterocycles. The van der Waals surface area contributed by atoms with Crippen molar-refractivity contribution in [3.05, 3.63) is 18.7 Å². The lowest BCUT2D eigenvalue weighted by Crippen LogP contribution is -2.19. The zero-order chi connectivity index (χ0) is 15.1. The summed E-state index contributed by atoms with van der Waals surface area (Å²) in [5.41, 5.74) is 7.29. The van der Waals surface area contributed by atoms with Crippen LogP contribution in [-0.4, -0.2) is 33.1 Å². The molecule has 0 amide bonds. The highest BCUT2D eigenvalue weighted by Crippen LogP contribution is 2.37. The molecule has 2 N–H and O–H groups in total. The van der Waals surface area contributed by atoms with E-state index in [0.717, 1.165) is 30.1 Å². The number of anilines is 2. The summed E-state index contributed by atoms with van der Waals surface area (Å²) in [7, 11) is 1.96. The molecule has 1 saturated heterocycles. The van der Waals surface area contributed by atoms with Crippen molar-refractivity contribution in [2.24, 2.45) is 5.92 Å². The summed E-state index contributed by atoms with van der Waals surface area (Å²) < 4.78 is 7.73. The summed E-state index contributed by atoms with van der Waals surface area (Å²) in [6.45, 7) is 8.88.